The van der Waals surface area contributed by atoms with Gasteiger partial charge >= 0.3 is 0 Å². The number of nitrogens with two attached hydrogens (primary N) is 1. The molecule has 0 amide bonds. The van der Waals surface area contributed by atoms with Gasteiger partial charge < -0.3 is 10.5 Å². The van der Waals surface area contributed by atoms with Gasteiger partial charge in [-0.3, -0.25) is 0 Å². The molecule has 2 N–H and O–H groups in total. The zero-order valence-corrected chi connectivity index (χ0v) is 12.3. The standard InChI is InChI=1S/C14H12Cl3NO/c15-11-5-4-10(13(17)6-11)8-19-14-9(7-18)2-1-3-12(14)16/h1-6H,7-8,18H2. The van der Waals surface area contributed by atoms with Gasteiger partial charge in [-0.15, -0.1) is 0 Å². The molecule has 2 nitrogen and oxygen atoms in total. The highest BCUT2D eigenvalue weighted by molar-refractivity contribution is 6.35. The van der Waals surface area contributed by atoms with E-state index in [0.29, 0.717) is 34.0 Å². The van der Waals surface area contributed by atoms with Crippen LogP contribution in [0.4, 0.5) is 0 Å². The highest BCUT2D eigenvalue weighted by atomic mass is 35.5. The van der Waals surface area contributed by atoms with Crippen molar-refractivity contribution in [3.63, 3.8) is 0 Å². The number of ether oxygens (including phenoxy) is 1. The van der Waals surface area contributed by atoms with E-state index >= 15 is 0 Å². The summed E-state index contributed by atoms with van der Waals surface area (Å²) in [5.74, 6) is 0.595. The van der Waals surface area contributed by atoms with E-state index in [2.05, 4.69) is 0 Å². The third kappa shape index (κ3) is 3.54. The Kier molecular flexibility index (Phi) is 4.94. The molecule has 0 unspecified atom stereocenters. The molecule has 0 aliphatic heterocycles. The number of para-hydroxylation sites is 1. The Labute approximate surface area is 127 Å². The summed E-state index contributed by atoms with van der Waals surface area (Å²) in [6.45, 7) is 0.678. The fraction of sp³-hybridized carbons (Fsp3) is 0.143. The van der Waals surface area contributed by atoms with Crippen LogP contribution >= 0.6 is 34.8 Å². The average molecular weight is 317 g/mol. The Morgan fingerprint density at radius 1 is 0.947 bits per heavy atom. The van der Waals surface area contributed by atoms with Gasteiger partial charge in [0.2, 0.25) is 0 Å². The fourth-order valence-corrected chi connectivity index (χ4v) is 2.38. The monoisotopic (exact) mass is 315 g/mol. The summed E-state index contributed by atoms with van der Waals surface area (Å²) in [6, 6.07) is 10.8. The lowest BCUT2D eigenvalue weighted by molar-refractivity contribution is 0.303. The predicted octanol–water partition coefficient (Wildman–Crippen LogP) is 4.68. The molecule has 0 heterocycles. The average Bonchev–Trinajstić information content (AvgIpc) is 2.39. The molecule has 5 heteroatoms. The second kappa shape index (κ2) is 6.49. The smallest absolute Gasteiger partial charge is 0.142 e. The molecule has 2 aromatic carbocycles. The van der Waals surface area contributed by atoms with Gasteiger partial charge in [0.05, 0.1) is 5.02 Å². The maximum atomic E-state index is 6.10. The van der Waals surface area contributed by atoms with Crippen molar-refractivity contribution in [2.24, 2.45) is 5.73 Å². The molecule has 0 radical (unpaired) electrons. The quantitative estimate of drug-likeness (QED) is 0.888. The molecule has 0 aromatic heterocycles. The number of hydrogen-bond donors (Lipinski definition) is 1. The first-order valence-corrected chi connectivity index (χ1v) is 6.79. The van der Waals surface area contributed by atoms with E-state index in [4.69, 9.17) is 45.3 Å². The lowest BCUT2D eigenvalue weighted by atomic mass is 10.2. The van der Waals surface area contributed by atoms with Crippen molar-refractivity contribution >= 4 is 34.8 Å². The summed E-state index contributed by atoms with van der Waals surface area (Å²) in [6.07, 6.45) is 0. The summed E-state index contributed by atoms with van der Waals surface area (Å²) in [4.78, 5) is 0. The Balaban J connectivity index is 2.19. The predicted molar refractivity (Wildman–Crippen MR) is 80.1 cm³/mol. The molecule has 0 atom stereocenters. The first-order chi connectivity index (χ1) is 9.11. The van der Waals surface area contributed by atoms with Crippen molar-refractivity contribution in [1.29, 1.82) is 0 Å². The van der Waals surface area contributed by atoms with Gasteiger partial charge in [0.1, 0.15) is 12.4 Å². The Hall–Kier alpha value is -0.930. The topological polar surface area (TPSA) is 35.2 Å². The van der Waals surface area contributed by atoms with Crippen LogP contribution in [-0.4, -0.2) is 0 Å². The van der Waals surface area contributed by atoms with E-state index in [0.717, 1.165) is 11.1 Å². The Bertz CT molecular complexity index is 587. The Morgan fingerprint density at radius 2 is 1.74 bits per heavy atom. The SMILES string of the molecule is NCc1cccc(Cl)c1OCc1ccc(Cl)cc1Cl. The highest BCUT2D eigenvalue weighted by Gasteiger charge is 2.09. The van der Waals surface area contributed by atoms with Crippen molar-refractivity contribution in [2.75, 3.05) is 0 Å². The summed E-state index contributed by atoms with van der Waals surface area (Å²) >= 11 is 18.0. The second-order valence-corrected chi connectivity index (χ2v) is 5.21. The summed E-state index contributed by atoms with van der Waals surface area (Å²) in [5.41, 5.74) is 7.36. The maximum absolute atomic E-state index is 6.10. The van der Waals surface area contributed by atoms with Crippen molar-refractivity contribution in [2.45, 2.75) is 13.2 Å². The first-order valence-electron chi connectivity index (χ1n) is 5.66. The minimum absolute atomic E-state index is 0.312. The van der Waals surface area contributed by atoms with Crippen molar-refractivity contribution in [1.82, 2.24) is 0 Å². The molecule has 0 saturated carbocycles. The molecule has 0 bridgehead atoms. The molecule has 19 heavy (non-hydrogen) atoms. The van der Waals surface area contributed by atoms with Gasteiger partial charge in [-0.05, 0) is 18.2 Å². The van der Waals surface area contributed by atoms with Crippen LogP contribution in [-0.2, 0) is 13.2 Å². The van der Waals surface area contributed by atoms with Crippen LogP contribution in [0, 0.1) is 0 Å². The summed E-state index contributed by atoms with van der Waals surface area (Å²) in [5, 5.41) is 1.69. The molecule has 0 fully saturated rings. The zero-order valence-electron chi connectivity index (χ0n) is 10.00. The number of benzene rings is 2. The molecule has 2 rings (SSSR count). The van der Waals surface area contributed by atoms with E-state index in [9.17, 15) is 0 Å². The van der Waals surface area contributed by atoms with E-state index < -0.39 is 0 Å². The van der Waals surface area contributed by atoms with Crippen LogP contribution in [0.1, 0.15) is 11.1 Å². The molecule has 0 aliphatic rings. The van der Waals surface area contributed by atoms with Gasteiger partial charge in [-0.2, -0.15) is 0 Å². The highest BCUT2D eigenvalue weighted by Crippen LogP contribution is 2.30. The van der Waals surface area contributed by atoms with Crippen LogP contribution in [0.5, 0.6) is 5.75 Å². The van der Waals surface area contributed by atoms with E-state index in [1.165, 1.54) is 0 Å². The minimum atomic E-state index is 0.312. The normalized spacial score (nSPS) is 10.5. The summed E-state index contributed by atoms with van der Waals surface area (Å²) in [7, 11) is 0. The largest absolute Gasteiger partial charge is 0.487 e. The number of halogens is 3. The van der Waals surface area contributed by atoms with Gasteiger partial charge in [-0.25, -0.2) is 0 Å². The van der Waals surface area contributed by atoms with Gasteiger partial charge in [-0.1, -0.05) is 53.0 Å². The van der Waals surface area contributed by atoms with E-state index in [-0.39, 0.29) is 0 Å². The van der Waals surface area contributed by atoms with Crippen LogP contribution in [0.25, 0.3) is 0 Å². The van der Waals surface area contributed by atoms with Crippen LogP contribution < -0.4 is 10.5 Å². The molecule has 0 saturated heterocycles. The van der Waals surface area contributed by atoms with Gasteiger partial charge in [0.25, 0.3) is 0 Å². The third-order valence-corrected chi connectivity index (χ3v) is 3.54. The Morgan fingerprint density at radius 3 is 2.42 bits per heavy atom. The molecular formula is C14H12Cl3NO. The molecule has 0 aliphatic carbocycles. The van der Waals surface area contributed by atoms with E-state index in [1.54, 1.807) is 18.2 Å². The maximum Gasteiger partial charge on any atom is 0.142 e. The lowest BCUT2D eigenvalue weighted by Crippen LogP contribution is -2.03. The van der Waals surface area contributed by atoms with Crippen molar-refractivity contribution in [3.05, 3.63) is 62.6 Å². The number of hydrogen-bond acceptors (Lipinski definition) is 2. The van der Waals surface area contributed by atoms with Crippen LogP contribution in [0.2, 0.25) is 15.1 Å². The van der Waals surface area contributed by atoms with Crippen molar-refractivity contribution < 1.29 is 4.74 Å². The fourth-order valence-electron chi connectivity index (χ4n) is 1.66. The molecule has 100 valence electrons. The molecular weight excluding hydrogens is 305 g/mol. The molecule has 2 aromatic rings. The van der Waals surface area contributed by atoms with Crippen molar-refractivity contribution in [3.8, 4) is 5.75 Å². The van der Waals surface area contributed by atoms with Crippen LogP contribution in [0.3, 0.4) is 0 Å². The van der Waals surface area contributed by atoms with Crippen LogP contribution in [0.15, 0.2) is 36.4 Å². The third-order valence-electron chi connectivity index (χ3n) is 2.66. The van der Waals surface area contributed by atoms with Gasteiger partial charge in [0, 0.05) is 27.7 Å². The first kappa shape index (κ1) is 14.5. The van der Waals surface area contributed by atoms with E-state index in [1.807, 2.05) is 18.2 Å². The zero-order chi connectivity index (χ0) is 13.8. The number of rotatable bonds is 4. The minimum Gasteiger partial charge on any atom is -0.487 e. The second-order valence-electron chi connectivity index (χ2n) is 3.96. The molecule has 0 spiro atoms. The summed E-state index contributed by atoms with van der Waals surface area (Å²) < 4.78 is 5.73. The lowest BCUT2D eigenvalue weighted by Gasteiger charge is -2.13. The van der Waals surface area contributed by atoms with Gasteiger partial charge in [0.15, 0.2) is 0 Å².